The minimum Gasteiger partial charge on any atom is -0.497 e. The molecule has 7 heteroatoms. The fourth-order valence-corrected chi connectivity index (χ4v) is 2.51. The van der Waals surface area contributed by atoms with Crippen LogP contribution in [0.5, 0.6) is 5.75 Å². The van der Waals surface area contributed by atoms with Crippen LogP contribution >= 0.6 is 11.6 Å². The van der Waals surface area contributed by atoms with E-state index >= 15 is 0 Å². The van der Waals surface area contributed by atoms with Crippen LogP contribution < -0.4 is 10.1 Å². The van der Waals surface area contributed by atoms with Crippen molar-refractivity contribution < 1.29 is 17.9 Å². The second-order valence-electron chi connectivity index (χ2n) is 5.04. The first-order valence-corrected chi connectivity index (χ1v) is 7.34. The number of fused-ring (bicyclic) bond motifs is 1. The highest BCUT2D eigenvalue weighted by atomic mass is 35.5. The molecule has 0 amide bonds. The zero-order chi connectivity index (χ0) is 17.3. The van der Waals surface area contributed by atoms with E-state index < -0.39 is 11.9 Å². The lowest BCUT2D eigenvalue weighted by Gasteiger charge is -2.14. The number of aromatic nitrogens is 1. The van der Waals surface area contributed by atoms with Crippen LogP contribution in [-0.2, 0) is 6.18 Å². The van der Waals surface area contributed by atoms with Crippen LogP contribution in [0.15, 0.2) is 48.5 Å². The molecular formula is C17H12ClF3N2O. The van der Waals surface area contributed by atoms with E-state index in [0.29, 0.717) is 16.8 Å². The van der Waals surface area contributed by atoms with Gasteiger partial charge in [0.05, 0.1) is 23.3 Å². The topological polar surface area (TPSA) is 34.1 Å². The van der Waals surface area contributed by atoms with E-state index in [2.05, 4.69) is 10.3 Å². The summed E-state index contributed by atoms with van der Waals surface area (Å²) in [5.74, 6) is 0.652. The van der Waals surface area contributed by atoms with Crippen molar-refractivity contribution in [3.05, 3.63) is 59.2 Å². The number of methoxy groups -OCH3 is 1. The molecule has 24 heavy (non-hydrogen) atoms. The smallest absolute Gasteiger partial charge is 0.433 e. The minimum atomic E-state index is -4.57. The number of anilines is 2. The first kappa shape index (κ1) is 16.4. The van der Waals surface area contributed by atoms with Gasteiger partial charge in [-0.1, -0.05) is 23.7 Å². The van der Waals surface area contributed by atoms with Gasteiger partial charge in [0.25, 0.3) is 0 Å². The lowest BCUT2D eigenvalue weighted by Crippen LogP contribution is -2.09. The molecule has 0 spiro atoms. The number of nitrogens with zero attached hydrogens (tertiary/aromatic N) is 1. The monoisotopic (exact) mass is 352 g/mol. The molecule has 2 aromatic carbocycles. The molecule has 3 aromatic rings. The van der Waals surface area contributed by atoms with Crippen LogP contribution in [0.3, 0.4) is 0 Å². The first-order chi connectivity index (χ1) is 11.4. The zero-order valence-electron chi connectivity index (χ0n) is 12.5. The number of nitrogens with one attached hydrogen (secondary N) is 1. The Bertz CT molecular complexity index is 879. The normalized spacial score (nSPS) is 11.5. The van der Waals surface area contributed by atoms with Gasteiger partial charge in [0.2, 0.25) is 0 Å². The van der Waals surface area contributed by atoms with Crippen LogP contribution in [-0.4, -0.2) is 12.1 Å². The molecular weight excluding hydrogens is 341 g/mol. The average molecular weight is 353 g/mol. The lowest BCUT2D eigenvalue weighted by molar-refractivity contribution is -0.140. The summed E-state index contributed by atoms with van der Waals surface area (Å²) >= 11 is 6.02. The number of halogens is 4. The molecule has 1 N–H and O–H groups in total. The number of benzene rings is 2. The van der Waals surface area contributed by atoms with Crippen molar-refractivity contribution >= 4 is 33.9 Å². The van der Waals surface area contributed by atoms with Crippen molar-refractivity contribution in [2.24, 2.45) is 0 Å². The predicted molar refractivity (Wildman–Crippen MR) is 88.0 cm³/mol. The number of rotatable bonds is 3. The quantitative estimate of drug-likeness (QED) is 0.660. The Kier molecular flexibility index (Phi) is 4.24. The van der Waals surface area contributed by atoms with Crippen LogP contribution in [0.1, 0.15) is 5.69 Å². The van der Waals surface area contributed by atoms with Crippen molar-refractivity contribution in [1.29, 1.82) is 0 Å². The Labute approximate surface area is 141 Å². The molecule has 0 saturated carbocycles. The van der Waals surface area contributed by atoms with Crippen molar-refractivity contribution in [2.45, 2.75) is 6.18 Å². The third-order valence-corrected chi connectivity index (χ3v) is 3.75. The maximum Gasteiger partial charge on any atom is 0.433 e. The number of ether oxygens (including phenoxy) is 1. The number of hydrogen-bond acceptors (Lipinski definition) is 3. The fourth-order valence-electron chi connectivity index (χ4n) is 2.29. The molecule has 124 valence electrons. The number of para-hydroxylation sites is 1. The summed E-state index contributed by atoms with van der Waals surface area (Å²) in [5.41, 5.74) is 0.000469. The van der Waals surface area contributed by atoms with E-state index in [-0.39, 0.29) is 16.2 Å². The van der Waals surface area contributed by atoms with Crippen molar-refractivity contribution in [3.63, 3.8) is 0 Å². The van der Waals surface area contributed by atoms with Gasteiger partial charge in [-0.25, -0.2) is 4.98 Å². The molecule has 0 bridgehead atoms. The maximum atomic E-state index is 13.1. The Morgan fingerprint density at radius 1 is 1.08 bits per heavy atom. The van der Waals surface area contributed by atoms with E-state index in [1.165, 1.54) is 13.2 Å². The average Bonchev–Trinajstić information content (AvgIpc) is 2.55. The second kappa shape index (κ2) is 6.20. The molecule has 0 atom stereocenters. The van der Waals surface area contributed by atoms with Gasteiger partial charge in [-0.05, 0) is 36.4 Å². The molecule has 1 heterocycles. The maximum absolute atomic E-state index is 13.1. The fraction of sp³-hybridized carbons (Fsp3) is 0.118. The Hall–Kier alpha value is -2.47. The Morgan fingerprint density at radius 2 is 1.79 bits per heavy atom. The zero-order valence-corrected chi connectivity index (χ0v) is 13.2. The SMILES string of the molecule is COc1ccc(Nc2cc(C(F)(F)F)nc3c(Cl)cccc23)cc1. The van der Waals surface area contributed by atoms with Gasteiger partial charge in [-0.15, -0.1) is 0 Å². The summed E-state index contributed by atoms with van der Waals surface area (Å²) in [7, 11) is 1.54. The largest absolute Gasteiger partial charge is 0.497 e. The van der Waals surface area contributed by atoms with Gasteiger partial charge >= 0.3 is 6.18 Å². The molecule has 1 aromatic heterocycles. The van der Waals surface area contributed by atoms with Crippen LogP contribution in [0.2, 0.25) is 5.02 Å². The molecule has 3 nitrogen and oxygen atoms in total. The molecule has 0 radical (unpaired) electrons. The molecule has 0 unspecified atom stereocenters. The molecule has 0 aliphatic rings. The van der Waals surface area contributed by atoms with Crippen molar-refractivity contribution in [2.75, 3.05) is 12.4 Å². The van der Waals surface area contributed by atoms with E-state index in [1.807, 2.05) is 0 Å². The highest BCUT2D eigenvalue weighted by molar-refractivity contribution is 6.35. The highest BCUT2D eigenvalue weighted by Gasteiger charge is 2.33. The van der Waals surface area contributed by atoms with E-state index in [1.54, 1.807) is 36.4 Å². The number of pyridine rings is 1. The second-order valence-corrected chi connectivity index (χ2v) is 5.45. The lowest BCUT2D eigenvalue weighted by atomic mass is 10.1. The third kappa shape index (κ3) is 3.23. The molecule has 3 rings (SSSR count). The van der Waals surface area contributed by atoms with Crippen LogP contribution in [0.4, 0.5) is 24.5 Å². The first-order valence-electron chi connectivity index (χ1n) is 6.96. The van der Waals surface area contributed by atoms with Crippen LogP contribution in [0.25, 0.3) is 10.9 Å². The standard InChI is InChI=1S/C17H12ClF3N2O/c1-24-11-7-5-10(6-8-11)22-14-9-15(17(19,20)21)23-16-12(14)3-2-4-13(16)18/h2-9H,1H3,(H,22,23). The summed E-state index contributed by atoms with van der Waals surface area (Å²) in [5, 5.41) is 3.65. The van der Waals surface area contributed by atoms with E-state index in [0.717, 1.165) is 6.07 Å². The Morgan fingerprint density at radius 3 is 2.42 bits per heavy atom. The summed E-state index contributed by atoms with van der Waals surface area (Å²) in [6, 6.07) is 12.7. The third-order valence-electron chi connectivity index (χ3n) is 3.45. The molecule has 0 aliphatic carbocycles. The number of alkyl halides is 3. The van der Waals surface area contributed by atoms with Gasteiger partial charge in [-0.3, -0.25) is 0 Å². The molecule has 0 aliphatic heterocycles. The van der Waals surface area contributed by atoms with Gasteiger partial charge in [-0.2, -0.15) is 13.2 Å². The van der Waals surface area contributed by atoms with Crippen molar-refractivity contribution in [3.8, 4) is 5.75 Å². The van der Waals surface area contributed by atoms with Gasteiger partial charge in [0.1, 0.15) is 11.4 Å². The number of hydrogen-bond donors (Lipinski definition) is 1. The van der Waals surface area contributed by atoms with Gasteiger partial charge in [0, 0.05) is 11.1 Å². The summed E-state index contributed by atoms with van der Waals surface area (Å²) in [6.45, 7) is 0. The minimum absolute atomic E-state index is 0.102. The van der Waals surface area contributed by atoms with Gasteiger partial charge < -0.3 is 10.1 Å². The highest BCUT2D eigenvalue weighted by Crippen LogP contribution is 2.36. The van der Waals surface area contributed by atoms with E-state index in [4.69, 9.17) is 16.3 Å². The Balaban J connectivity index is 2.12. The summed E-state index contributed by atoms with van der Waals surface area (Å²) in [6.07, 6.45) is -4.57. The molecule has 0 fully saturated rings. The van der Waals surface area contributed by atoms with E-state index in [9.17, 15) is 13.2 Å². The van der Waals surface area contributed by atoms with Gasteiger partial charge in [0.15, 0.2) is 0 Å². The molecule has 0 saturated heterocycles. The summed E-state index contributed by atoms with van der Waals surface area (Å²) in [4.78, 5) is 3.66. The van der Waals surface area contributed by atoms with Crippen LogP contribution in [0, 0.1) is 0 Å². The summed E-state index contributed by atoms with van der Waals surface area (Å²) < 4.78 is 44.4. The van der Waals surface area contributed by atoms with Crippen molar-refractivity contribution in [1.82, 2.24) is 4.98 Å². The predicted octanol–water partition coefficient (Wildman–Crippen LogP) is 5.66.